The van der Waals surface area contributed by atoms with Crippen LogP contribution >= 0.6 is 0 Å². The van der Waals surface area contributed by atoms with Crippen molar-refractivity contribution in [2.75, 3.05) is 0 Å². The van der Waals surface area contributed by atoms with Crippen LogP contribution in [-0.2, 0) is 13.0 Å². The minimum absolute atomic E-state index is 0.237. The van der Waals surface area contributed by atoms with Gasteiger partial charge in [0.1, 0.15) is 11.6 Å². The Labute approximate surface area is 179 Å². The molecule has 0 saturated carbocycles. The maximum absolute atomic E-state index is 9.71. The summed E-state index contributed by atoms with van der Waals surface area (Å²) in [5, 5.41) is 17.0. The lowest BCUT2D eigenvalue weighted by molar-refractivity contribution is 0.475. The Morgan fingerprint density at radius 3 is 2.45 bits per heavy atom. The first-order valence-corrected chi connectivity index (χ1v) is 9.99. The van der Waals surface area contributed by atoms with E-state index in [1.54, 1.807) is 24.5 Å². The van der Waals surface area contributed by atoms with Gasteiger partial charge < -0.3 is 9.67 Å². The molecule has 3 heterocycles. The van der Waals surface area contributed by atoms with E-state index in [0.717, 1.165) is 33.9 Å². The number of phenolic OH excluding ortho intramolecular Hbond substituents is 1. The fourth-order valence-electron chi connectivity index (χ4n) is 3.54. The second-order valence-electron chi connectivity index (χ2n) is 7.15. The summed E-state index contributed by atoms with van der Waals surface area (Å²) in [4.78, 5) is 13.4. The summed E-state index contributed by atoms with van der Waals surface area (Å²) in [6.45, 7) is 0.678. The van der Waals surface area contributed by atoms with Crippen molar-refractivity contribution in [2.45, 2.75) is 13.0 Å². The first-order valence-electron chi connectivity index (χ1n) is 9.99. The van der Waals surface area contributed by atoms with Gasteiger partial charge in [0.2, 0.25) is 0 Å². The standard InChI is InChI=1S/C24H20N6O/c31-20-10-8-18(9-11-20)23-22(17-5-2-1-3-6-17)26-16-30(23)14-12-21-27-24(29-28-21)19-7-4-13-25-15-19/h1-11,13,15-16,31H,12,14H2,(H,27,28,29). The fourth-order valence-corrected chi connectivity index (χ4v) is 3.54. The number of hydrogen-bond donors (Lipinski definition) is 2. The lowest BCUT2D eigenvalue weighted by Gasteiger charge is -2.10. The molecule has 7 heteroatoms. The molecule has 0 radical (unpaired) electrons. The molecular formula is C24H20N6O. The Morgan fingerprint density at radius 1 is 0.871 bits per heavy atom. The second-order valence-corrected chi connectivity index (χ2v) is 7.15. The van der Waals surface area contributed by atoms with Gasteiger partial charge in [0.25, 0.3) is 0 Å². The van der Waals surface area contributed by atoms with Crippen molar-refractivity contribution in [3.63, 3.8) is 0 Å². The molecule has 0 spiro atoms. The number of phenols is 1. The average Bonchev–Trinajstić information content (AvgIpc) is 3.47. The minimum Gasteiger partial charge on any atom is -0.508 e. The summed E-state index contributed by atoms with van der Waals surface area (Å²) in [7, 11) is 0. The highest BCUT2D eigenvalue weighted by Crippen LogP contribution is 2.32. The molecule has 5 aromatic rings. The molecule has 152 valence electrons. The number of benzene rings is 2. The monoisotopic (exact) mass is 408 g/mol. The zero-order valence-corrected chi connectivity index (χ0v) is 16.7. The first kappa shape index (κ1) is 18.7. The molecule has 0 bridgehead atoms. The minimum atomic E-state index is 0.237. The number of aromatic nitrogens is 6. The summed E-state index contributed by atoms with van der Waals surface area (Å²) in [5.74, 6) is 1.67. The number of hydrogen-bond acceptors (Lipinski definition) is 5. The first-order chi connectivity index (χ1) is 15.3. The van der Waals surface area contributed by atoms with Gasteiger partial charge in [0, 0.05) is 42.0 Å². The van der Waals surface area contributed by atoms with Gasteiger partial charge in [-0.15, -0.1) is 0 Å². The predicted molar refractivity (Wildman–Crippen MR) is 118 cm³/mol. The third-order valence-corrected chi connectivity index (χ3v) is 5.07. The van der Waals surface area contributed by atoms with Gasteiger partial charge in [0.05, 0.1) is 17.7 Å². The molecular weight excluding hydrogens is 388 g/mol. The molecule has 2 N–H and O–H groups in total. The van der Waals surface area contributed by atoms with Crippen LogP contribution < -0.4 is 0 Å². The van der Waals surface area contributed by atoms with Crippen LogP contribution in [0.2, 0.25) is 0 Å². The van der Waals surface area contributed by atoms with Crippen molar-refractivity contribution in [3.8, 4) is 39.7 Å². The van der Waals surface area contributed by atoms with Gasteiger partial charge in [-0.25, -0.2) is 9.97 Å². The van der Waals surface area contributed by atoms with Gasteiger partial charge >= 0.3 is 0 Å². The fraction of sp³-hybridized carbons (Fsp3) is 0.0833. The van der Waals surface area contributed by atoms with E-state index >= 15 is 0 Å². The van der Waals surface area contributed by atoms with Crippen molar-refractivity contribution in [1.82, 2.24) is 29.7 Å². The molecule has 0 unspecified atom stereocenters. The van der Waals surface area contributed by atoms with E-state index < -0.39 is 0 Å². The van der Waals surface area contributed by atoms with E-state index in [0.29, 0.717) is 18.8 Å². The summed E-state index contributed by atoms with van der Waals surface area (Å²) >= 11 is 0. The summed E-state index contributed by atoms with van der Waals surface area (Å²) in [6.07, 6.45) is 6.00. The van der Waals surface area contributed by atoms with E-state index in [1.807, 2.05) is 60.9 Å². The lowest BCUT2D eigenvalue weighted by atomic mass is 10.0. The van der Waals surface area contributed by atoms with Crippen LogP contribution in [0.4, 0.5) is 0 Å². The smallest absolute Gasteiger partial charge is 0.182 e. The molecule has 0 aliphatic rings. The van der Waals surface area contributed by atoms with Crippen LogP contribution in [0, 0.1) is 0 Å². The molecule has 5 rings (SSSR count). The molecule has 3 aromatic heterocycles. The number of pyridine rings is 1. The molecule has 0 saturated heterocycles. The third kappa shape index (κ3) is 3.93. The molecule has 0 aliphatic heterocycles. The van der Waals surface area contributed by atoms with Crippen LogP contribution in [0.1, 0.15) is 5.82 Å². The highest BCUT2D eigenvalue weighted by atomic mass is 16.3. The summed E-state index contributed by atoms with van der Waals surface area (Å²) < 4.78 is 2.11. The van der Waals surface area contributed by atoms with Crippen LogP contribution in [-0.4, -0.2) is 34.8 Å². The van der Waals surface area contributed by atoms with Gasteiger partial charge in [-0.3, -0.25) is 10.1 Å². The lowest BCUT2D eigenvalue weighted by Crippen LogP contribution is -2.03. The number of aryl methyl sites for hydroxylation is 2. The Balaban J connectivity index is 1.45. The van der Waals surface area contributed by atoms with Crippen molar-refractivity contribution >= 4 is 0 Å². The van der Waals surface area contributed by atoms with Crippen molar-refractivity contribution < 1.29 is 5.11 Å². The summed E-state index contributed by atoms with van der Waals surface area (Å²) in [6, 6.07) is 21.1. The molecule has 0 atom stereocenters. The molecule has 7 nitrogen and oxygen atoms in total. The number of H-pyrrole nitrogens is 1. The predicted octanol–water partition coefficient (Wildman–Crippen LogP) is 4.35. The Kier molecular flexibility index (Phi) is 4.98. The van der Waals surface area contributed by atoms with Crippen LogP contribution in [0.5, 0.6) is 5.75 Å². The summed E-state index contributed by atoms with van der Waals surface area (Å²) in [5.41, 5.74) is 4.81. The number of nitrogens with one attached hydrogen (secondary N) is 1. The van der Waals surface area contributed by atoms with E-state index in [4.69, 9.17) is 4.98 Å². The Bertz CT molecular complexity index is 1280. The Hall–Kier alpha value is -4.26. The normalized spacial score (nSPS) is 11.0. The average molecular weight is 408 g/mol. The molecule has 2 aromatic carbocycles. The number of imidazole rings is 1. The highest BCUT2D eigenvalue weighted by Gasteiger charge is 2.16. The van der Waals surface area contributed by atoms with E-state index in [-0.39, 0.29) is 5.75 Å². The molecule has 0 aliphatic carbocycles. The molecule has 0 fully saturated rings. The Morgan fingerprint density at radius 2 is 1.68 bits per heavy atom. The zero-order valence-electron chi connectivity index (χ0n) is 16.7. The van der Waals surface area contributed by atoms with Gasteiger partial charge in [-0.2, -0.15) is 5.10 Å². The van der Waals surface area contributed by atoms with Crippen molar-refractivity contribution in [3.05, 3.63) is 91.3 Å². The van der Waals surface area contributed by atoms with E-state index in [1.165, 1.54) is 0 Å². The number of nitrogens with zero attached hydrogens (tertiary/aromatic N) is 5. The quantitative estimate of drug-likeness (QED) is 0.436. The van der Waals surface area contributed by atoms with Crippen LogP contribution in [0.15, 0.2) is 85.5 Å². The van der Waals surface area contributed by atoms with E-state index in [9.17, 15) is 5.11 Å². The molecule has 31 heavy (non-hydrogen) atoms. The van der Waals surface area contributed by atoms with Crippen LogP contribution in [0.3, 0.4) is 0 Å². The van der Waals surface area contributed by atoms with Crippen molar-refractivity contribution in [1.29, 1.82) is 0 Å². The third-order valence-electron chi connectivity index (χ3n) is 5.07. The van der Waals surface area contributed by atoms with Crippen LogP contribution in [0.25, 0.3) is 33.9 Å². The van der Waals surface area contributed by atoms with E-state index in [2.05, 4.69) is 24.7 Å². The number of aromatic amines is 1. The topological polar surface area (TPSA) is 92.5 Å². The van der Waals surface area contributed by atoms with Crippen molar-refractivity contribution in [2.24, 2.45) is 0 Å². The number of aromatic hydroxyl groups is 1. The highest BCUT2D eigenvalue weighted by molar-refractivity contribution is 5.78. The zero-order chi connectivity index (χ0) is 21.0. The number of rotatable bonds is 6. The van der Waals surface area contributed by atoms with Gasteiger partial charge in [0.15, 0.2) is 5.82 Å². The largest absolute Gasteiger partial charge is 0.508 e. The van der Waals surface area contributed by atoms with Gasteiger partial charge in [-0.1, -0.05) is 30.3 Å². The second kappa shape index (κ2) is 8.23. The molecule has 0 amide bonds. The maximum atomic E-state index is 9.71. The van der Waals surface area contributed by atoms with Gasteiger partial charge in [-0.05, 0) is 36.4 Å². The maximum Gasteiger partial charge on any atom is 0.182 e. The SMILES string of the molecule is Oc1ccc(-c2c(-c3ccccc3)ncn2CCc2nc(-c3cccnc3)n[nH]2)cc1.